The van der Waals surface area contributed by atoms with Gasteiger partial charge in [0.1, 0.15) is 5.82 Å². The number of carbonyl (C=O) groups is 1. The average molecular weight is 261 g/mol. The van der Waals surface area contributed by atoms with Gasteiger partial charge < -0.3 is 10.4 Å². The topological polar surface area (TPSA) is 65.5 Å². The summed E-state index contributed by atoms with van der Waals surface area (Å²) in [5.74, 6) is -0.246. The molecule has 18 heavy (non-hydrogen) atoms. The summed E-state index contributed by atoms with van der Waals surface area (Å²) in [6.07, 6.45) is -3.58. The van der Waals surface area contributed by atoms with Gasteiger partial charge in [0, 0.05) is 6.20 Å². The van der Waals surface area contributed by atoms with Crippen molar-refractivity contribution in [1.29, 1.82) is 0 Å². The molecule has 0 aliphatic carbocycles. The lowest BCUT2D eigenvalue weighted by Crippen LogP contribution is -2.45. The van der Waals surface area contributed by atoms with E-state index in [1.165, 1.54) is 6.92 Å². The minimum atomic E-state index is -4.53. The Bertz CT molecular complexity index is 488. The third-order valence-electron chi connectivity index (χ3n) is 2.56. The van der Waals surface area contributed by atoms with Crippen molar-refractivity contribution in [1.82, 2.24) is 10.3 Å². The number of nitrogens with one attached hydrogen (secondary N) is 1. The van der Waals surface area contributed by atoms with Gasteiger partial charge in [0.15, 0.2) is 5.72 Å². The largest absolute Gasteiger partial charge is 0.416 e. The van der Waals surface area contributed by atoms with Gasteiger partial charge in [0.25, 0.3) is 0 Å². The normalized spacial score (nSPS) is 24.3. The number of carbonyl (C=O) groups excluding carboxylic acids is 1. The molecule has 1 aromatic rings. The van der Waals surface area contributed by atoms with Crippen molar-refractivity contribution >= 4 is 11.8 Å². The molecule has 2 heterocycles. The third-order valence-corrected chi connectivity index (χ3v) is 2.56. The number of nitrogens with zero attached hydrogens (tertiary/aromatic N) is 2. The van der Waals surface area contributed by atoms with Crippen molar-refractivity contribution in [3.05, 3.63) is 23.9 Å². The lowest BCUT2D eigenvalue weighted by atomic mass is 10.2. The van der Waals surface area contributed by atoms with E-state index in [1.54, 1.807) is 0 Å². The van der Waals surface area contributed by atoms with Crippen LogP contribution in [0.4, 0.5) is 23.8 Å². The van der Waals surface area contributed by atoms with E-state index in [2.05, 4.69) is 10.3 Å². The van der Waals surface area contributed by atoms with Crippen LogP contribution in [0.3, 0.4) is 0 Å². The van der Waals surface area contributed by atoms with E-state index in [9.17, 15) is 23.1 Å². The van der Waals surface area contributed by atoms with Gasteiger partial charge in [-0.1, -0.05) is 0 Å². The molecule has 0 aromatic carbocycles. The molecule has 2 amide bonds. The van der Waals surface area contributed by atoms with Crippen LogP contribution < -0.4 is 10.2 Å². The molecule has 0 spiro atoms. The molecule has 1 fully saturated rings. The summed E-state index contributed by atoms with van der Waals surface area (Å²) in [4.78, 5) is 16.0. The van der Waals surface area contributed by atoms with E-state index in [0.29, 0.717) is 0 Å². The van der Waals surface area contributed by atoms with Gasteiger partial charge in [-0.15, -0.1) is 0 Å². The number of β-amino-alcohol motifs (C(OH)–C–C–N with tert-alkyl or cyclic N) is 1. The van der Waals surface area contributed by atoms with Crippen LogP contribution in [-0.2, 0) is 6.18 Å². The van der Waals surface area contributed by atoms with Crippen molar-refractivity contribution in [2.24, 2.45) is 0 Å². The molecule has 1 atom stereocenters. The number of halogens is 3. The summed E-state index contributed by atoms with van der Waals surface area (Å²) in [5, 5.41) is 12.2. The Balaban J connectivity index is 2.43. The zero-order valence-corrected chi connectivity index (χ0v) is 9.32. The van der Waals surface area contributed by atoms with Crippen molar-refractivity contribution in [3.8, 4) is 0 Å². The third kappa shape index (κ3) is 2.10. The fourth-order valence-corrected chi connectivity index (χ4v) is 1.69. The molecule has 2 rings (SSSR count). The quantitative estimate of drug-likeness (QED) is 0.801. The average Bonchev–Trinajstić information content (AvgIpc) is 2.52. The number of rotatable bonds is 1. The summed E-state index contributed by atoms with van der Waals surface area (Å²) < 4.78 is 37.6. The molecular formula is C10H10F3N3O2. The minimum absolute atomic E-state index is 0.0796. The van der Waals surface area contributed by atoms with E-state index in [1.807, 2.05) is 0 Å². The first kappa shape index (κ1) is 12.6. The number of urea groups is 1. The smallest absolute Gasteiger partial charge is 0.369 e. The van der Waals surface area contributed by atoms with Crippen LogP contribution in [0.2, 0.25) is 0 Å². The Morgan fingerprint density at radius 3 is 2.72 bits per heavy atom. The molecule has 0 bridgehead atoms. The zero-order chi connectivity index (χ0) is 13.6. The van der Waals surface area contributed by atoms with Crippen LogP contribution in [-0.4, -0.2) is 28.4 Å². The Kier molecular flexibility index (Phi) is 2.69. The van der Waals surface area contributed by atoms with Gasteiger partial charge in [-0.05, 0) is 19.1 Å². The number of aliphatic hydroxyl groups is 1. The second-order valence-electron chi connectivity index (χ2n) is 4.11. The first-order chi connectivity index (χ1) is 8.22. The summed E-state index contributed by atoms with van der Waals surface area (Å²) in [6, 6.07) is 0.831. The molecule has 1 unspecified atom stereocenters. The Labute approximate surface area is 100 Å². The highest BCUT2D eigenvalue weighted by Gasteiger charge is 2.42. The summed E-state index contributed by atoms with van der Waals surface area (Å²) >= 11 is 0. The molecule has 0 saturated carbocycles. The number of aromatic nitrogens is 1. The Hall–Kier alpha value is -1.83. The predicted molar refractivity (Wildman–Crippen MR) is 55.7 cm³/mol. The maximum atomic E-state index is 12.5. The first-order valence-corrected chi connectivity index (χ1v) is 5.05. The maximum absolute atomic E-state index is 12.5. The monoisotopic (exact) mass is 261 g/mol. The van der Waals surface area contributed by atoms with Crippen LogP contribution >= 0.6 is 0 Å². The number of hydrogen-bond donors (Lipinski definition) is 2. The standard InChI is InChI=1S/C10H10F3N3O2/c1-9(18)5-15-8(17)16(9)7-4-6(2-3-14-7)10(11,12)13/h2-4,18H,5H2,1H3,(H,15,17). The van der Waals surface area contributed by atoms with Gasteiger partial charge in [-0.25, -0.2) is 14.7 Å². The molecule has 1 saturated heterocycles. The number of anilines is 1. The molecule has 0 radical (unpaired) electrons. The Morgan fingerprint density at radius 2 is 2.22 bits per heavy atom. The van der Waals surface area contributed by atoms with Crippen molar-refractivity contribution in [2.75, 3.05) is 11.4 Å². The maximum Gasteiger partial charge on any atom is 0.416 e. The molecule has 2 N–H and O–H groups in total. The molecule has 1 aromatic heterocycles. The Morgan fingerprint density at radius 1 is 1.56 bits per heavy atom. The van der Waals surface area contributed by atoms with E-state index < -0.39 is 23.5 Å². The minimum Gasteiger partial charge on any atom is -0.369 e. The van der Waals surface area contributed by atoms with Crippen LogP contribution in [0.1, 0.15) is 12.5 Å². The SMILES string of the molecule is CC1(O)CNC(=O)N1c1cc(C(F)(F)F)ccn1. The number of amides is 2. The summed E-state index contributed by atoms with van der Waals surface area (Å²) in [7, 11) is 0. The van der Waals surface area contributed by atoms with E-state index >= 15 is 0 Å². The second kappa shape index (κ2) is 3.84. The predicted octanol–water partition coefficient (Wildman–Crippen LogP) is 1.34. The van der Waals surface area contributed by atoms with Crippen LogP contribution in [0.25, 0.3) is 0 Å². The van der Waals surface area contributed by atoms with Crippen LogP contribution in [0.15, 0.2) is 18.3 Å². The van der Waals surface area contributed by atoms with Gasteiger partial charge in [-0.2, -0.15) is 13.2 Å². The molecule has 1 aliphatic rings. The van der Waals surface area contributed by atoms with Gasteiger partial charge >= 0.3 is 12.2 Å². The highest BCUT2D eigenvalue weighted by atomic mass is 19.4. The molecule has 5 nitrogen and oxygen atoms in total. The molecule has 1 aliphatic heterocycles. The van der Waals surface area contributed by atoms with Gasteiger partial charge in [0.2, 0.25) is 0 Å². The summed E-state index contributed by atoms with van der Waals surface area (Å²) in [5.41, 5.74) is -2.53. The lowest BCUT2D eigenvalue weighted by molar-refractivity contribution is -0.137. The van der Waals surface area contributed by atoms with Gasteiger partial charge in [-0.3, -0.25) is 0 Å². The van der Waals surface area contributed by atoms with Crippen LogP contribution in [0.5, 0.6) is 0 Å². The fraction of sp³-hybridized carbons (Fsp3) is 0.400. The van der Waals surface area contributed by atoms with Crippen LogP contribution in [0, 0.1) is 0 Å². The van der Waals surface area contributed by atoms with E-state index in [4.69, 9.17) is 0 Å². The highest BCUT2D eigenvalue weighted by Crippen LogP contribution is 2.32. The second-order valence-corrected chi connectivity index (χ2v) is 4.11. The molecule has 98 valence electrons. The van der Waals surface area contributed by atoms with E-state index in [-0.39, 0.29) is 12.4 Å². The van der Waals surface area contributed by atoms with Crippen molar-refractivity contribution in [2.45, 2.75) is 18.8 Å². The molecular weight excluding hydrogens is 251 g/mol. The highest BCUT2D eigenvalue weighted by molar-refractivity contribution is 5.94. The van der Waals surface area contributed by atoms with Crippen molar-refractivity contribution < 1.29 is 23.1 Å². The van der Waals surface area contributed by atoms with Gasteiger partial charge in [0.05, 0.1) is 12.1 Å². The number of hydrogen-bond acceptors (Lipinski definition) is 3. The van der Waals surface area contributed by atoms with Crippen molar-refractivity contribution in [3.63, 3.8) is 0 Å². The zero-order valence-electron chi connectivity index (χ0n) is 9.32. The number of alkyl halides is 3. The molecule has 8 heteroatoms. The first-order valence-electron chi connectivity index (χ1n) is 5.05. The lowest BCUT2D eigenvalue weighted by Gasteiger charge is -2.27. The van der Waals surface area contributed by atoms with E-state index in [0.717, 1.165) is 23.2 Å². The number of pyridine rings is 1. The summed E-state index contributed by atoms with van der Waals surface area (Å²) in [6.45, 7) is 1.23. The fourth-order valence-electron chi connectivity index (χ4n) is 1.69.